The first kappa shape index (κ1) is 26.1. The molecule has 0 heterocycles. The number of carbonyl (C=O) groups is 3. The Morgan fingerprint density at radius 3 is 2.44 bits per heavy atom. The van der Waals surface area contributed by atoms with Gasteiger partial charge in [-0.25, -0.2) is 14.2 Å². The molecule has 0 spiro atoms. The molecule has 0 fully saturated rings. The van der Waals surface area contributed by atoms with Gasteiger partial charge >= 0.3 is 11.8 Å². The molecule has 0 saturated heterocycles. The quantitative estimate of drug-likeness (QED) is 0.239. The highest BCUT2D eigenvalue weighted by Gasteiger charge is 2.15. The molecule has 0 atom stereocenters. The van der Waals surface area contributed by atoms with Gasteiger partial charge in [0.15, 0.2) is 18.1 Å². The van der Waals surface area contributed by atoms with Crippen molar-refractivity contribution in [1.29, 1.82) is 0 Å². The second kappa shape index (κ2) is 12.3. The maximum absolute atomic E-state index is 13.6. The zero-order valence-electron chi connectivity index (χ0n) is 18.7. The number of hydrogen-bond donors (Lipinski definition) is 3. The van der Waals surface area contributed by atoms with E-state index in [9.17, 15) is 23.2 Å². The van der Waals surface area contributed by atoms with Gasteiger partial charge in [0, 0.05) is 5.69 Å². The van der Waals surface area contributed by atoms with Crippen LogP contribution in [0.25, 0.3) is 0 Å². The summed E-state index contributed by atoms with van der Waals surface area (Å²) in [5.41, 5.74) is 2.67. The molecule has 0 saturated carbocycles. The SMILES string of the molecule is COc1cc(/C=N\NC(=O)C(=O)Nc2ccccc2F)ccc1OCC(=O)Nc1ccc(F)c(Cl)c1. The summed E-state index contributed by atoms with van der Waals surface area (Å²) in [6, 6.07) is 13.7. The van der Waals surface area contributed by atoms with E-state index in [2.05, 4.69) is 15.7 Å². The molecular weight excluding hydrogens is 498 g/mol. The predicted octanol–water partition coefficient (Wildman–Crippen LogP) is 3.73. The summed E-state index contributed by atoms with van der Waals surface area (Å²) >= 11 is 5.69. The highest BCUT2D eigenvalue weighted by Crippen LogP contribution is 2.27. The molecule has 3 N–H and O–H groups in total. The van der Waals surface area contributed by atoms with E-state index in [1.54, 1.807) is 6.07 Å². The fourth-order valence-electron chi connectivity index (χ4n) is 2.76. The number of hydrogen-bond acceptors (Lipinski definition) is 6. The largest absolute Gasteiger partial charge is 0.493 e. The number of nitrogens with one attached hydrogen (secondary N) is 3. The standard InChI is InChI=1S/C24H19ClF2N4O5/c1-35-21-10-14(12-28-31-24(34)23(33)30-19-5-3-2-4-18(19)27)6-9-20(21)36-13-22(32)29-15-7-8-17(26)16(25)11-15/h2-12H,13H2,1H3,(H,29,32)(H,30,33)(H,31,34)/b28-12-. The van der Waals surface area contributed by atoms with Gasteiger partial charge < -0.3 is 20.1 Å². The second-order valence-electron chi connectivity index (χ2n) is 7.01. The van der Waals surface area contributed by atoms with E-state index in [4.69, 9.17) is 21.1 Å². The van der Waals surface area contributed by atoms with Crippen LogP contribution in [0.2, 0.25) is 5.02 Å². The zero-order chi connectivity index (χ0) is 26.1. The Kier molecular flexibility index (Phi) is 8.89. The molecule has 9 nitrogen and oxygen atoms in total. The lowest BCUT2D eigenvalue weighted by Crippen LogP contribution is -2.32. The van der Waals surface area contributed by atoms with Crippen molar-refractivity contribution >= 4 is 46.9 Å². The minimum Gasteiger partial charge on any atom is -0.493 e. The monoisotopic (exact) mass is 516 g/mol. The molecule has 0 aliphatic rings. The van der Waals surface area contributed by atoms with Crippen LogP contribution in [0.15, 0.2) is 65.8 Å². The van der Waals surface area contributed by atoms with Gasteiger partial charge in [-0.2, -0.15) is 5.10 Å². The molecule has 0 radical (unpaired) electrons. The molecule has 3 rings (SSSR count). The molecule has 0 aromatic heterocycles. The number of methoxy groups -OCH3 is 1. The van der Waals surface area contributed by atoms with Crippen LogP contribution in [-0.2, 0) is 14.4 Å². The number of hydrazone groups is 1. The van der Waals surface area contributed by atoms with Crippen LogP contribution >= 0.6 is 11.6 Å². The third kappa shape index (κ3) is 7.24. The van der Waals surface area contributed by atoms with E-state index in [1.165, 1.54) is 55.8 Å². The summed E-state index contributed by atoms with van der Waals surface area (Å²) < 4.78 is 37.5. The minimum absolute atomic E-state index is 0.130. The normalized spacial score (nSPS) is 10.6. The van der Waals surface area contributed by atoms with Crippen LogP contribution in [0.3, 0.4) is 0 Å². The Balaban J connectivity index is 1.53. The van der Waals surface area contributed by atoms with Crippen molar-refractivity contribution in [3.63, 3.8) is 0 Å². The van der Waals surface area contributed by atoms with Gasteiger partial charge in [0.1, 0.15) is 11.6 Å². The number of rotatable bonds is 8. The van der Waals surface area contributed by atoms with Crippen LogP contribution in [0.4, 0.5) is 20.2 Å². The molecule has 36 heavy (non-hydrogen) atoms. The van der Waals surface area contributed by atoms with Crippen molar-refractivity contribution in [2.75, 3.05) is 24.4 Å². The highest BCUT2D eigenvalue weighted by molar-refractivity contribution is 6.39. The number of para-hydroxylation sites is 1. The maximum Gasteiger partial charge on any atom is 0.329 e. The van der Waals surface area contributed by atoms with E-state index in [-0.39, 0.29) is 28.8 Å². The van der Waals surface area contributed by atoms with Crippen molar-refractivity contribution in [3.8, 4) is 11.5 Å². The van der Waals surface area contributed by atoms with Crippen LogP contribution in [0.1, 0.15) is 5.56 Å². The molecule has 3 amide bonds. The summed E-state index contributed by atoms with van der Waals surface area (Å²) in [7, 11) is 1.39. The van der Waals surface area contributed by atoms with E-state index in [0.29, 0.717) is 11.3 Å². The van der Waals surface area contributed by atoms with E-state index in [1.807, 2.05) is 5.43 Å². The topological polar surface area (TPSA) is 118 Å². The van der Waals surface area contributed by atoms with Gasteiger partial charge in [-0.3, -0.25) is 14.4 Å². The van der Waals surface area contributed by atoms with Crippen molar-refractivity contribution in [2.45, 2.75) is 0 Å². The van der Waals surface area contributed by atoms with Crippen LogP contribution < -0.4 is 25.5 Å². The van der Waals surface area contributed by atoms with Crippen LogP contribution in [0.5, 0.6) is 11.5 Å². The number of carbonyl (C=O) groups excluding carboxylic acids is 3. The summed E-state index contributed by atoms with van der Waals surface area (Å²) in [5, 5.41) is 8.22. The Morgan fingerprint density at radius 2 is 1.72 bits per heavy atom. The molecule has 3 aromatic rings. The van der Waals surface area contributed by atoms with Gasteiger partial charge in [0.25, 0.3) is 5.91 Å². The second-order valence-corrected chi connectivity index (χ2v) is 7.42. The third-order valence-corrected chi connectivity index (χ3v) is 4.75. The van der Waals surface area contributed by atoms with Crippen molar-refractivity contribution in [3.05, 3.63) is 82.9 Å². The van der Waals surface area contributed by atoms with E-state index in [0.717, 1.165) is 12.1 Å². The average Bonchev–Trinajstić information content (AvgIpc) is 2.86. The van der Waals surface area contributed by atoms with E-state index < -0.39 is 29.4 Å². The van der Waals surface area contributed by atoms with Crippen LogP contribution in [-0.4, -0.2) is 37.7 Å². The molecule has 186 valence electrons. The first-order chi connectivity index (χ1) is 17.3. The lowest BCUT2D eigenvalue weighted by molar-refractivity contribution is -0.136. The van der Waals surface area contributed by atoms with Crippen molar-refractivity contribution < 1.29 is 32.6 Å². The Hall–Kier alpha value is -4.51. The molecule has 12 heteroatoms. The predicted molar refractivity (Wildman–Crippen MR) is 129 cm³/mol. The van der Waals surface area contributed by atoms with Crippen LogP contribution in [0, 0.1) is 11.6 Å². The van der Waals surface area contributed by atoms with Gasteiger partial charge in [-0.15, -0.1) is 0 Å². The maximum atomic E-state index is 13.6. The molecule has 3 aromatic carbocycles. The lowest BCUT2D eigenvalue weighted by Gasteiger charge is -2.11. The zero-order valence-corrected chi connectivity index (χ0v) is 19.4. The van der Waals surface area contributed by atoms with Gasteiger partial charge in [0.05, 0.1) is 24.0 Å². The molecule has 0 aliphatic heterocycles. The number of anilines is 2. The van der Waals surface area contributed by atoms with Gasteiger partial charge in [0.2, 0.25) is 0 Å². The Bertz CT molecular complexity index is 1320. The fraction of sp³-hybridized carbons (Fsp3) is 0.0833. The highest BCUT2D eigenvalue weighted by atomic mass is 35.5. The Labute approximate surface area is 209 Å². The van der Waals surface area contributed by atoms with Gasteiger partial charge in [-0.1, -0.05) is 23.7 Å². The summed E-state index contributed by atoms with van der Waals surface area (Å²) in [6.07, 6.45) is 1.24. The number of amides is 3. The van der Waals surface area contributed by atoms with Crippen molar-refractivity contribution in [2.24, 2.45) is 5.10 Å². The molecule has 0 bridgehead atoms. The van der Waals surface area contributed by atoms with E-state index >= 15 is 0 Å². The number of ether oxygens (including phenoxy) is 2. The number of halogens is 3. The Morgan fingerprint density at radius 1 is 0.944 bits per heavy atom. The first-order valence-corrected chi connectivity index (χ1v) is 10.6. The number of benzene rings is 3. The summed E-state index contributed by atoms with van der Waals surface area (Å²) in [5.74, 6) is -3.50. The number of nitrogens with zero attached hydrogens (tertiary/aromatic N) is 1. The molecule has 0 aliphatic carbocycles. The third-order valence-electron chi connectivity index (χ3n) is 4.46. The fourth-order valence-corrected chi connectivity index (χ4v) is 2.94. The average molecular weight is 517 g/mol. The summed E-state index contributed by atoms with van der Waals surface area (Å²) in [4.78, 5) is 35.9. The smallest absolute Gasteiger partial charge is 0.329 e. The minimum atomic E-state index is -1.10. The molecule has 0 unspecified atom stereocenters. The van der Waals surface area contributed by atoms with Crippen molar-refractivity contribution in [1.82, 2.24) is 5.43 Å². The summed E-state index contributed by atoms with van der Waals surface area (Å²) in [6.45, 7) is -0.369. The molecular formula is C24H19ClF2N4O5. The van der Waals surface area contributed by atoms with Gasteiger partial charge in [-0.05, 0) is 54.1 Å². The lowest BCUT2D eigenvalue weighted by atomic mass is 10.2. The first-order valence-electron chi connectivity index (χ1n) is 10.2.